The number of hydrogen-bond donors (Lipinski definition) is 2. The van der Waals surface area contributed by atoms with Gasteiger partial charge in [0.1, 0.15) is 5.75 Å². The summed E-state index contributed by atoms with van der Waals surface area (Å²) in [6.07, 6.45) is 1.65. The zero-order valence-electron chi connectivity index (χ0n) is 9.27. The lowest BCUT2D eigenvalue weighted by Gasteiger charge is -1.91. The van der Waals surface area contributed by atoms with Gasteiger partial charge in [-0.05, 0) is 32.0 Å². The van der Waals surface area contributed by atoms with Crippen LogP contribution >= 0.6 is 0 Å². The molecule has 84 valence electrons. The molecule has 0 bridgehead atoms. The lowest BCUT2D eigenvalue weighted by molar-refractivity contribution is 0.467. The SMILES string of the molecule is Cc1cccc(=O)[nH]1.Cc1ncccc1O. The van der Waals surface area contributed by atoms with Crippen molar-refractivity contribution in [3.63, 3.8) is 0 Å². The van der Waals surface area contributed by atoms with Gasteiger partial charge < -0.3 is 10.1 Å². The summed E-state index contributed by atoms with van der Waals surface area (Å²) in [7, 11) is 0. The molecule has 2 rings (SSSR count). The van der Waals surface area contributed by atoms with E-state index in [0.29, 0.717) is 5.69 Å². The first-order valence-corrected chi connectivity index (χ1v) is 4.86. The molecule has 2 N–H and O–H groups in total. The fourth-order valence-electron chi connectivity index (χ4n) is 1.03. The van der Waals surface area contributed by atoms with Gasteiger partial charge in [0.05, 0.1) is 5.69 Å². The summed E-state index contributed by atoms with van der Waals surface area (Å²) in [6, 6.07) is 8.38. The summed E-state index contributed by atoms with van der Waals surface area (Å²) < 4.78 is 0. The molecule has 0 atom stereocenters. The Kier molecular flexibility index (Phi) is 4.27. The molecule has 2 aromatic rings. The standard InChI is InChI=1S/2C6H7NO/c1-5-6(8)3-2-4-7-5;1-5-3-2-4-6(8)7-5/h2-4,8H,1H3;2-4H,1H3,(H,7,8). The maximum Gasteiger partial charge on any atom is 0.248 e. The number of H-pyrrole nitrogens is 1. The Bertz CT molecular complexity index is 485. The minimum atomic E-state index is -0.0370. The molecule has 0 saturated carbocycles. The van der Waals surface area contributed by atoms with Crippen LogP contribution in [0.15, 0.2) is 41.3 Å². The van der Waals surface area contributed by atoms with E-state index < -0.39 is 0 Å². The van der Waals surface area contributed by atoms with Crippen LogP contribution in [0.3, 0.4) is 0 Å². The average molecular weight is 218 g/mol. The third-order valence-electron chi connectivity index (χ3n) is 1.89. The van der Waals surface area contributed by atoms with Crippen LogP contribution in [-0.4, -0.2) is 15.1 Å². The third kappa shape index (κ3) is 3.96. The highest BCUT2D eigenvalue weighted by atomic mass is 16.3. The van der Waals surface area contributed by atoms with Crippen molar-refractivity contribution in [1.82, 2.24) is 9.97 Å². The molecule has 4 nitrogen and oxygen atoms in total. The first kappa shape index (κ1) is 12.0. The fourth-order valence-corrected chi connectivity index (χ4v) is 1.03. The molecule has 0 unspecified atom stereocenters. The number of nitrogens with one attached hydrogen (secondary N) is 1. The van der Waals surface area contributed by atoms with Crippen molar-refractivity contribution in [1.29, 1.82) is 0 Å². The molecule has 0 aromatic carbocycles. The van der Waals surface area contributed by atoms with Gasteiger partial charge in [-0.3, -0.25) is 9.78 Å². The van der Waals surface area contributed by atoms with Gasteiger partial charge in [0.25, 0.3) is 0 Å². The molecule has 16 heavy (non-hydrogen) atoms. The van der Waals surface area contributed by atoms with Crippen LogP contribution < -0.4 is 5.56 Å². The van der Waals surface area contributed by atoms with E-state index in [2.05, 4.69) is 9.97 Å². The zero-order valence-corrected chi connectivity index (χ0v) is 9.27. The van der Waals surface area contributed by atoms with Gasteiger partial charge in [-0.2, -0.15) is 0 Å². The smallest absolute Gasteiger partial charge is 0.248 e. The first-order chi connectivity index (χ1) is 7.59. The van der Waals surface area contributed by atoms with Crippen molar-refractivity contribution in [3.8, 4) is 5.75 Å². The Morgan fingerprint density at radius 3 is 2.31 bits per heavy atom. The van der Waals surface area contributed by atoms with Crippen molar-refractivity contribution < 1.29 is 5.11 Å². The van der Waals surface area contributed by atoms with Crippen LogP contribution in [0, 0.1) is 13.8 Å². The van der Waals surface area contributed by atoms with Crippen molar-refractivity contribution >= 4 is 0 Å². The summed E-state index contributed by atoms with van der Waals surface area (Å²) in [5.74, 6) is 0.257. The van der Waals surface area contributed by atoms with Gasteiger partial charge in [-0.1, -0.05) is 6.07 Å². The summed E-state index contributed by atoms with van der Waals surface area (Å²) in [4.78, 5) is 16.9. The predicted octanol–water partition coefficient (Wildman–Crippen LogP) is 1.78. The molecule has 0 spiro atoms. The summed E-state index contributed by atoms with van der Waals surface area (Å²) >= 11 is 0. The number of aromatic amines is 1. The Balaban J connectivity index is 0.000000160. The van der Waals surface area contributed by atoms with E-state index in [4.69, 9.17) is 5.11 Å². The Labute approximate surface area is 93.6 Å². The number of aromatic hydroxyl groups is 1. The van der Waals surface area contributed by atoms with Crippen molar-refractivity contribution in [2.75, 3.05) is 0 Å². The van der Waals surface area contributed by atoms with E-state index in [1.807, 2.05) is 13.0 Å². The normalized spacial score (nSPS) is 9.12. The molecule has 0 aliphatic heterocycles. The quantitative estimate of drug-likeness (QED) is 0.708. The molecule has 0 amide bonds. The van der Waals surface area contributed by atoms with Crippen LogP contribution in [0.2, 0.25) is 0 Å². The van der Waals surface area contributed by atoms with Gasteiger partial charge in [0.2, 0.25) is 5.56 Å². The van der Waals surface area contributed by atoms with Crippen molar-refractivity contribution in [2.45, 2.75) is 13.8 Å². The van der Waals surface area contributed by atoms with Crippen LogP contribution in [0.25, 0.3) is 0 Å². The molecule has 0 fully saturated rings. The largest absolute Gasteiger partial charge is 0.506 e. The lowest BCUT2D eigenvalue weighted by Crippen LogP contribution is -2.02. The molecule has 0 radical (unpaired) electrons. The average Bonchev–Trinajstić information content (AvgIpc) is 2.23. The molecule has 0 aliphatic carbocycles. The lowest BCUT2D eigenvalue weighted by atomic mass is 10.3. The van der Waals surface area contributed by atoms with Gasteiger partial charge in [0, 0.05) is 18.0 Å². The molecule has 4 heteroatoms. The number of nitrogens with zero attached hydrogens (tertiary/aromatic N) is 1. The fraction of sp³-hybridized carbons (Fsp3) is 0.167. The molecular formula is C12H14N2O2. The van der Waals surface area contributed by atoms with E-state index in [9.17, 15) is 4.79 Å². The highest BCUT2D eigenvalue weighted by molar-refractivity contribution is 5.22. The van der Waals surface area contributed by atoms with Crippen molar-refractivity contribution in [2.24, 2.45) is 0 Å². The van der Waals surface area contributed by atoms with Gasteiger partial charge in [-0.25, -0.2) is 0 Å². The zero-order chi connectivity index (χ0) is 12.0. The third-order valence-corrected chi connectivity index (χ3v) is 1.89. The number of rotatable bonds is 0. The highest BCUT2D eigenvalue weighted by Crippen LogP contribution is 2.08. The number of pyridine rings is 2. The van der Waals surface area contributed by atoms with Gasteiger partial charge >= 0.3 is 0 Å². The first-order valence-electron chi connectivity index (χ1n) is 4.86. The second-order valence-electron chi connectivity index (χ2n) is 3.31. The minimum absolute atomic E-state index is 0.0370. The monoisotopic (exact) mass is 218 g/mol. The summed E-state index contributed by atoms with van der Waals surface area (Å²) in [6.45, 7) is 3.61. The Hall–Kier alpha value is -2.10. The summed E-state index contributed by atoms with van der Waals surface area (Å²) in [5, 5.41) is 8.86. The minimum Gasteiger partial charge on any atom is -0.506 e. The number of hydrogen-bond acceptors (Lipinski definition) is 3. The van der Waals surface area contributed by atoms with E-state index >= 15 is 0 Å². The predicted molar refractivity (Wildman–Crippen MR) is 62.4 cm³/mol. The van der Waals surface area contributed by atoms with Crippen LogP contribution in [0.5, 0.6) is 5.75 Å². The Morgan fingerprint density at radius 2 is 1.94 bits per heavy atom. The Morgan fingerprint density at radius 1 is 1.19 bits per heavy atom. The van der Waals surface area contributed by atoms with E-state index in [-0.39, 0.29) is 11.3 Å². The van der Waals surface area contributed by atoms with Crippen molar-refractivity contribution in [3.05, 3.63) is 58.3 Å². The molecular weight excluding hydrogens is 204 g/mol. The van der Waals surface area contributed by atoms with Crippen LogP contribution in [0.4, 0.5) is 0 Å². The van der Waals surface area contributed by atoms with Crippen LogP contribution in [0.1, 0.15) is 11.4 Å². The second kappa shape index (κ2) is 5.70. The molecule has 0 aliphatic rings. The number of aryl methyl sites for hydroxylation is 2. The number of aromatic nitrogens is 2. The topological polar surface area (TPSA) is 66.0 Å². The molecule has 2 heterocycles. The van der Waals surface area contributed by atoms with Gasteiger partial charge in [-0.15, -0.1) is 0 Å². The molecule has 0 saturated heterocycles. The maximum absolute atomic E-state index is 10.4. The summed E-state index contributed by atoms with van der Waals surface area (Å²) in [5.41, 5.74) is 1.54. The van der Waals surface area contributed by atoms with Crippen LogP contribution in [-0.2, 0) is 0 Å². The molecule has 2 aromatic heterocycles. The van der Waals surface area contributed by atoms with Gasteiger partial charge in [0.15, 0.2) is 0 Å². The van der Waals surface area contributed by atoms with E-state index in [0.717, 1.165) is 5.69 Å². The van der Waals surface area contributed by atoms with E-state index in [1.165, 1.54) is 6.07 Å². The second-order valence-corrected chi connectivity index (χ2v) is 3.31. The maximum atomic E-state index is 10.4. The van der Waals surface area contributed by atoms with E-state index in [1.54, 1.807) is 31.3 Å². The highest BCUT2D eigenvalue weighted by Gasteiger charge is 1.88.